The number of piperidine rings is 1. The van der Waals surface area contributed by atoms with Crippen molar-refractivity contribution in [3.05, 3.63) is 35.1 Å². The van der Waals surface area contributed by atoms with Gasteiger partial charge in [0.1, 0.15) is 0 Å². The molecule has 2 N–H and O–H groups in total. The molecule has 0 spiro atoms. The number of hydrogen-bond donors (Lipinski definition) is 2. The number of imide groups is 1. The molecule has 2 heterocycles. The molecule has 1 atom stereocenters. The third-order valence-electron chi connectivity index (χ3n) is 4.82. The highest BCUT2D eigenvalue weighted by Gasteiger charge is 2.35. The first-order valence-corrected chi connectivity index (χ1v) is 8.89. The largest absolute Gasteiger partial charge is 0.389 e. The molecule has 4 amide bonds. The Labute approximate surface area is 163 Å². The summed E-state index contributed by atoms with van der Waals surface area (Å²) in [6.45, 7) is -0.427. The molecule has 29 heavy (non-hydrogen) atoms. The lowest BCUT2D eigenvalue weighted by Gasteiger charge is -2.28. The molecule has 2 saturated heterocycles. The highest BCUT2D eigenvalue weighted by atomic mass is 19.2. The third kappa shape index (κ3) is 4.56. The van der Waals surface area contributed by atoms with Gasteiger partial charge in [0, 0.05) is 44.6 Å². The number of amides is 4. The summed E-state index contributed by atoms with van der Waals surface area (Å²) < 4.78 is 39.9. The van der Waals surface area contributed by atoms with E-state index < -0.39 is 58.7 Å². The molecule has 8 nitrogen and oxygen atoms in total. The van der Waals surface area contributed by atoms with Crippen LogP contribution >= 0.6 is 0 Å². The summed E-state index contributed by atoms with van der Waals surface area (Å²) in [7, 11) is 0. The van der Waals surface area contributed by atoms with Crippen LogP contribution in [-0.4, -0.2) is 70.8 Å². The SMILES string of the molecule is O=C1CC(C(=O)N2CCN(C(=O)c3cc(F)c(F)c(F)c3)CC(O)C2)CC(=O)N1. The highest BCUT2D eigenvalue weighted by Crippen LogP contribution is 2.20. The van der Waals surface area contributed by atoms with Gasteiger partial charge >= 0.3 is 0 Å². The van der Waals surface area contributed by atoms with E-state index in [-0.39, 0.29) is 39.0 Å². The monoisotopic (exact) mass is 413 g/mol. The number of hydrogen-bond acceptors (Lipinski definition) is 5. The Bertz CT molecular complexity index is 839. The maximum Gasteiger partial charge on any atom is 0.254 e. The zero-order chi connectivity index (χ0) is 21.3. The van der Waals surface area contributed by atoms with Crippen LogP contribution in [0.15, 0.2) is 12.1 Å². The second-order valence-corrected chi connectivity index (χ2v) is 7.02. The Morgan fingerprint density at radius 2 is 1.48 bits per heavy atom. The van der Waals surface area contributed by atoms with E-state index in [1.165, 1.54) is 4.90 Å². The fourth-order valence-electron chi connectivity index (χ4n) is 3.45. The van der Waals surface area contributed by atoms with Crippen molar-refractivity contribution >= 4 is 23.6 Å². The smallest absolute Gasteiger partial charge is 0.254 e. The van der Waals surface area contributed by atoms with Crippen molar-refractivity contribution in [2.24, 2.45) is 5.92 Å². The molecular weight excluding hydrogens is 395 g/mol. The van der Waals surface area contributed by atoms with Crippen molar-refractivity contribution in [2.45, 2.75) is 18.9 Å². The molecule has 156 valence electrons. The molecule has 2 aliphatic heterocycles. The number of carbonyl (C=O) groups is 4. The first-order chi connectivity index (χ1) is 13.7. The summed E-state index contributed by atoms with van der Waals surface area (Å²) in [6.07, 6.45) is -1.48. The molecule has 0 bridgehead atoms. The van der Waals surface area contributed by atoms with E-state index in [1.54, 1.807) is 0 Å². The summed E-state index contributed by atoms with van der Waals surface area (Å²) in [5.41, 5.74) is -0.428. The lowest BCUT2D eigenvalue weighted by molar-refractivity contribution is -0.145. The Kier molecular flexibility index (Phi) is 5.87. The van der Waals surface area contributed by atoms with E-state index >= 15 is 0 Å². The maximum atomic E-state index is 13.4. The summed E-state index contributed by atoms with van der Waals surface area (Å²) in [5, 5.41) is 12.3. The lowest BCUT2D eigenvalue weighted by atomic mass is 9.95. The van der Waals surface area contributed by atoms with Gasteiger partial charge in [-0.15, -0.1) is 0 Å². The van der Waals surface area contributed by atoms with Crippen molar-refractivity contribution in [2.75, 3.05) is 26.2 Å². The summed E-state index contributed by atoms with van der Waals surface area (Å²) in [5.74, 6) is -8.03. The Morgan fingerprint density at radius 1 is 0.966 bits per heavy atom. The minimum atomic E-state index is -1.69. The van der Waals surface area contributed by atoms with Crippen molar-refractivity contribution < 1.29 is 37.5 Å². The summed E-state index contributed by atoms with van der Waals surface area (Å²) in [6, 6.07) is 1.13. The number of halogens is 3. The minimum absolute atomic E-state index is 0.0138. The van der Waals surface area contributed by atoms with Crippen molar-refractivity contribution in [3.63, 3.8) is 0 Å². The van der Waals surface area contributed by atoms with Gasteiger partial charge in [-0.3, -0.25) is 24.5 Å². The number of aliphatic hydroxyl groups is 1. The Morgan fingerprint density at radius 3 is 2.07 bits per heavy atom. The number of β-amino-alcohol motifs (C(OH)–C–C–N with tert-alkyl or cyclic N) is 1. The summed E-state index contributed by atoms with van der Waals surface area (Å²) >= 11 is 0. The molecule has 2 fully saturated rings. The average molecular weight is 413 g/mol. The van der Waals surface area contributed by atoms with Crippen LogP contribution in [0.2, 0.25) is 0 Å². The van der Waals surface area contributed by atoms with Crippen molar-refractivity contribution in [3.8, 4) is 0 Å². The first kappa shape index (κ1) is 20.8. The van der Waals surface area contributed by atoms with Gasteiger partial charge < -0.3 is 14.9 Å². The van der Waals surface area contributed by atoms with Gasteiger partial charge in [-0.25, -0.2) is 13.2 Å². The average Bonchev–Trinajstić information content (AvgIpc) is 2.85. The highest BCUT2D eigenvalue weighted by molar-refractivity contribution is 6.02. The van der Waals surface area contributed by atoms with Crippen LogP contribution < -0.4 is 5.32 Å². The molecule has 2 aliphatic rings. The standard InChI is InChI=1S/C18H18F3N3O5/c19-12-3-9(4-13(20)16(12)21)17(28)23-1-2-24(8-11(25)7-23)18(29)10-5-14(26)22-15(27)6-10/h3-4,10-11,25H,1-2,5-8H2,(H,22,26,27). The van der Waals surface area contributed by atoms with Gasteiger partial charge in [-0.2, -0.15) is 0 Å². The molecule has 11 heteroatoms. The number of benzene rings is 1. The van der Waals surface area contributed by atoms with Gasteiger partial charge in [0.15, 0.2) is 17.5 Å². The van der Waals surface area contributed by atoms with E-state index in [9.17, 15) is 37.5 Å². The maximum absolute atomic E-state index is 13.4. The number of rotatable bonds is 2. The van der Waals surface area contributed by atoms with Crippen LogP contribution in [0.1, 0.15) is 23.2 Å². The molecule has 1 aromatic carbocycles. The number of aliphatic hydroxyl groups excluding tert-OH is 1. The van der Waals surface area contributed by atoms with Crippen LogP contribution in [0.5, 0.6) is 0 Å². The van der Waals surface area contributed by atoms with E-state index in [4.69, 9.17) is 0 Å². The van der Waals surface area contributed by atoms with Crippen molar-refractivity contribution in [1.29, 1.82) is 0 Å². The molecule has 3 rings (SSSR count). The second kappa shape index (κ2) is 8.19. The lowest BCUT2D eigenvalue weighted by Crippen LogP contribution is -2.47. The van der Waals surface area contributed by atoms with Crippen LogP contribution in [0.3, 0.4) is 0 Å². The number of carbonyl (C=O) groups excluding carboxylic acids is 4. The summed E-state index contributed by atoms with van der Waals surface area (Å²) in [4.78, 5) is 50.5. The number of nitrogens with zero attached hydrogens (tertiary/aromatic N) is 2. The fraction of sp³-hybridized carbons (Fsp3) is 0.444. The van der Waals surface area contributed by atoms with Gasteiger partial charge in [-0.1, -0.05) is 0 Å². The third-order valence-corrected chi connectivity index (χ3v) is 4.82. The predicted octanol–water partition coefficient (Wildman–Crippen LogP) is -0.198. The molecule has 1 unspecified atom stereocenters. The first-order valence-electron chi connectivity index (χ1n) is 8.89. The molecule has 0 radical (unpaired) electrons. The van der Waals surface area contributed by atoms with Crippen LogP contribution in [-0.2, 0) is 14.4 Å². The Balaban J connectivity index is 1.71. The zero-order valence-electron chi connectivity index (χ0n) is 15.2. The van der Waals surface area contributed by atoms with E-state index in [2.05, 4.69) is 5.32 Å². The second-order valence-electron chi connectivity index (χ2n) is 7.02. The van der Waals surface area contributed by atoms with Crippen LogP contribution in [0.25, 0.3) is 0 Å². The topological polar surface area (TPSA) is 107 Å². The molecule has 0 aromatic heterocycles. The van der Waals surface area contributed by atoms with Gasteiger partial charge in [0.25, 0.3) is 5.91 Å². The normalized spacial score (nSPS) is 21.0. The molecule has 0 saturated carbocycles. The van der Waals surface area contributed by atoms with Gasteiger partial charge in [0.2, 0.25) is 17.7 Å². The van der Waals surface area contributed by atoms with Gasteiger partial charge in [0.05, 0.1) is 12.0 Å². The Hall–Kier alpha value is -2.95. The molecule has 1 aromatic rings. The van der Waals surface area contributed by atoms with E-state index in [0.717, 1.165) is 4.90 Å². The quantitative estimate of drug-likeness (QED) is 0.516. The fourth-order valence-corrected chi connectivity index (χ4v) is 3.45. The number of nitrogens with one attached hydrogen (secondary N) is 1. The zero-order valence-corrected chi connectivity index (χ0v) is 15.2. The van der Waals surface area contributed by atoms with Crippen molar-refractivity contribution in [1.82, 2.24) is 15.1 Å². The predicted molar refractivity (Wildman–Crippen MR) is 90.7 cm³/mol. The van der Waals surface area contributed by atoms with E-state index in [1.807, 2.05) is 0 Å². The van der Waals surface area contributed by atoms with E-state index in [0.29, 0.717) is 12.1 Å². The molecular formula is C18H18F3N3O5. The van der Waals surface area contributed by atoms with Crippen LogP contribution in [0, 0.1) is 23.4 Å². The molecule has 0 aliphatic carbocycles. The van der Waals surface area contributed by atoms with Crippen LogP contribution in [0.4, 0.5) is 13.2 Å². The minimum Gasteiger partial charge on any atom is -0.389 e. The van der Waals surface area contributed by atoms with Gasteiger partial charge in [-0.05, 0) is 12.1 Å².